The molecule has 0 saturated carbocycles. The number of benzene rings is 9. The molecule has 1 heteroatoms. The van der Waals surface area contributed by atoms with Gasteiger partial charge in [0.2, 0.25) is 0 Å². The zero-order chi connectivity index (χ0) is 36.3. The minimum absolute atomic E-state index is 0.433. The number of aryl methyl sites for hydroxylation is 1. The van der Waals surface area contributed by atoms with Crippen molar-refractivity contribution in [3.63, 3.8) is 0 Å². The van der Waals surface area contributed by atoms with E-state index in [1.807, 2.05) is 0 Å². The summed E-state index contributed by atoms with van der Waals surface area (Å²) in [6.45, 7) is 2.18. The van der Waals surface area contributed by atoms with Crippen molar-refractivity contribution in [2.75, 3.05) is 0 Å². The fourth-order valence-electron chi connectivity index (χ4n) is 10.1. The van der Waals surface area contributed by atoms with Crippen LogP contribution in [-0.2, 0) is 5.41 Å². The number of furan rings is 1. The molecule has 12 rings (SSSR count). The van der Waals surface area contributed by atoms with E-state index in [9.17, 15) is 0 Å². The third-order valence-corrected chi connectivity index (χ3v) is 12.4. The SMILES string of the molecule is Cc1cccc2oc3c4ccccc4c(-c4cccc(-c5ccc6c(c5)C5(c7ccccc7-c7ccccc75)c5cc(-c7ccccc7)ccc5-6)c4)cc3c12. The van der Waals surface area contributed by atoms with Crippen LogP contribution >= 0.6 is 0 Å². The van der Waals surface area contributed by atoms with Gasteiger partial charge in [0, 0.05) is 16.2 Å². The van der Waals surface area contributed by atoms with Crippen LogP contribution in [0.3, 0.4) is 0 Å². The zero-order valence-corrected chi connectivity index (χ0v) is 30.3. The Labute approximate surface area is 319 Å². The van der Waals surface area contributed by atoms with Gasteiger partial charge < -0.3 is 4.42 Å². The predicted octanol–water partition coefficient (Wildman–Crippen LogP) is 14.4. The molecule has 0 fully saturated rings. The van der Waals surface area contributed by atoms with E-state index in [2.05, 4.69) is 195 Å². The van der Waals surface area contributed by atoms with E-state index in [-0.39, 0.29) is 0 Å². The highest BCUT2D eigenvalue weighted by Crippen LogP contribution is 2.63. The maximum absolute atomic E-state index is 6.53. The minimum atomic E-state index is -0.433. The topological polar surface area (TPSA) is 13.1 Å². The average Bonchev–Trinajstić information content (AvgIpc) is 3.88. The molecular formula is C54H34O. The van der Waals surface area contributed by atoms with E-state index in [0.29, 0.717) is 0 Å². The Morgan fingerprint density at radius 1 is 0.345 bits per heavy atom. The Morgan fingerprint density at radius 3 is 1.62 bits per heavy atom. The van der Waals surface area contributed by atoms with Gasteiger partial charge >= 0.3 is 0 Å². The Hall–Kier alpha value is -6.96. The largest absolute Gasteiger partial charge is 0.455 e. The molecule has 0 unspecified atom stereocenters. The van der Waals surface area contributed by atoms with Crippen LogP contribution in [0.15, 0.2) is 192 Å². The Morgan fingerprint density at radius 2 is 0.891 bits per heavy atom. The van der Waals surface area contributed by atoms with Crippen LogP contribution in [0.2, 0.25) is 0 Å². The Balaban J connectivity index is 1.09. The van der Waals surface area contributed by atoms with E-state index in [1.54, 1.807) is 0 Å². The molecule has 1 heterocycles. The molecule has 0 amide bonds. The highest BCUT2D eigenvalue weighted by atomic mass is 16.3. The van der Waals surface area contributed by atoms with Gasteiger partial charge in [0.25, 0.3) is 0 Å². The molecule has 1 spiro atoms. The van der Waals surface area contributed by atoms with Crippen molar-refractivity contribution in [1.82, 2.24) is 0 Å². The summed E-state index contributed by atoms with van der Waals surface area (Å²) >= 11 is 0. The van der Waals surface area contributed by atoms with Crippen LogP contribution in [0.4, 0.5) is 0 Å². The number of hydrogen-bond acceptors (Lipinski definition) is 1. The van der Waals surface area contributed by atoms with E-state index in [0.717, 1.165) is 21.9 Å². The minimum Gasteiger partial charge on any atom is -0.455 e. The quantitative estimate of drug-likeness (QED) is 0.179. The van der Waals surface area contributed by atoms with Crippen molar-refractivity contribution in [2.24, 2.45) is 0 Å². The smallest absolute Gasteiger partial charge is 0.143 e. The van der Waals surface area contributed by atoms with E-state index in [4.69, 9.17) is 4.42 Å². The molecule has 0 saturated heterocycles. The third-order valence-electron chi connectivity index (χ3n) is 12.4. The summed E-state index contributed by atoms with van der Waals surface area (Å²) in [5, 5.41) is 4.69. The first-order valence-corrected chi connectivity index (χ1v) is 19.2. The second-order valence-electron chi connectivity index (χ2n) is 15.2. The first-order valence-electron chi connectivity index (χ1n) is 19.2. The van der Waals surface area contributed by atoms with Gasteiger partial charge in [-0.1, -0.05) is 158 Å². The van der Waals surface area contributed by atoms with Gasteiger partial charge in [0.15, 0.2) is 0 Å². The van der Waals surface area contributed by atoms with Crippen molar-refractivity contribution in [1.29, 1.82) is 0 Å². The second-order valence-corrected chi connectivity index (χ2v) is 15.2. The molecular weight excluding hydrogens is 665 g/mol. The highest BCUT2D eigenvalue weighted by Gasteiger charge is 2.51. The molecule has 0 aliphatic heterocycles. The summed E-state index contributed by atoms with van der Waals surface area (Å²) in [6, 6.07) is 69.7. The molecule has 0 atom stereocenters. The van der Waals surface area contributed by atoms with Gasteiger partial charge in [0.1, 0.15) is 11.2 Å². The van der Waals surface area contributed by atoms with E-state index in [1.165, 1.54) is 94.2 Å². The second kappa shape index (κ2) is 11.3. The molecule has 2 aliphatic carbocycles. The first-order chi connectivity index (χ1) is 27.2. The lowest BCUT2D eigenvalue weighted by molar-refractivity contribution is 0.672. The molecule has 2 aliphatic rings. The van der Waals surface area contributed by atoms with Crippen LogP contribution in [0.25, 0.3) is 88.3 Å². The fourth-order valence-corrected chi connectivity index (χ4v) is 10.1. The lowest BCUT2D eigenvalue weighted by Gasteiger charge is -2.31. The Bertz CT molecular complexity index is 3170. The number of hydrogen-bond donors (Lipinski definition) is 0. The molecule has 256 valence electrons. The molecule has 0 bridgehead atoms. The van der Waals surface area contributed by atoms with E-state index < -0.39 is 5.41 Å². The monoisotopic (exact) mass is 698 g/mol. The summed E-state index contributed by atoms with van der Waals surface area (Å²) in [5.74, 6) is 0. The summed E-state index contributed by atoms with van der Waals surface area (Å²) in [7, 11) is 0. The van der Waals surface area contributed by atoms with Gasteiger partial charge in [-0.15, -0.1) is 0 Å². The highest BCUT2D eigenvalue weighted by molar-refractivity contribution is 6.20. The van der Waals surface area contributed by atoms with Gasteiger partial charge in [-0.2, -0.15) is 0 Å². The molecule has 10 aromatic rings. The van der Waals surface area contributed by atoms with Crippen molar-refractivity contribution in [3.05, 3.63) is 216 Å². The van der Waals surface area contributed by atoms with Gasteiger partial charge in [-0.05, 0) is 126 Å². The molecule has 55 heavy (non-hydrogen) atoms. The lowest BCUT2D eigenvalue weighted by Crippen LogP contribution is -2.26. The van der Waals surface area contributed by atoms with Gasteiger partial charge in [0.05, 0.1) is 5.41 Å². The maximum atomic E-state index is 6.53. The third kappa shape index (κ3) is 4.13. The lowest BCUT2D eigenvalue weighted by atomic mass is 9.70. The average molecular weight is 699 g/mol. The van der Waals surface area contributed by atoms with Crippen LogP contribution < -0.4 is 0 Å². The standard InChI is InChI=1S/C54H34O/c1-33-13-11-24-51-52(33)46-32-45(39-18-5-6-21-44(39)53(46)55-51)38-17-12-16-35(29-38)37-26-28-43-42-27-25-36(34-14-3-2-4-15-34)30-49(42)54(50(43)31-37)47-22-9-7-19-40(47)41-20-8-10-23-48(41)54/h2-32H,1H3. The number of fused-ring (bicyclic) bond motifs is 15. The summed E-state index contributed by atoms with van der Waals surface area (Å²) in [5.41, 5.74) is 20.7. The molecule has 1 nitrogen and oxygen atoms in total. The molecule has 1 aromatic heterocycles. The Kier molecular flexibility index (Phi) is 6.25. The molecule has 0 N–H and O–H groups in total. The van der Waals surface area contributed by atoms with Gasteiger partial charge in [-0.25, -0.2) is 0 Å². The van der Waals surface area contributed by atoms with Crippen molar-refractivity contribution < 1.29 is 4.42 Å². The van der Waals surface area contributed by atoms with Crippen molar-refractivity contribution in [2.45, 2.75) is 12.3 Å². The zero-order valence-electron chi connectivity index (χ0n) is 30.3. The van der Waals surface area contributed by atoms with E-state index >= 15 is 0 Å². The molecule has 9 aromatic carbocycles. The predicted molar refractivity (Wildman–Crippen MR) is 229 cm³/mol. The maximum Gasteiger partial charge on any atom is 0.143 e. The van der Waals surface area contributed by atoms with Crippen LogP contribution in [0.5, 0.6) is 0 Å². The van der Waals surface area contributed by atoms with Crippen molar-refractivity contribution in [3.8, 4) is 55.6 Å². The normalized spacial score (nSPS) is 13.3. The fraction of sp³-hybridized carbons (Fsp3) is 0.0370. The van der Waals surface area contributed by atoms with Crippen LogP contribution in [-0.4, -0.2) is 0 Å². The van der Waals surface area contributed by atoms with Crippen LogP contribution in [0, 0.1) is 6.92 Å². The first kappa shape index (κ1) is 30.5. The van der Waals surface area contributed by atoms with Crippen molar-refractivity contribution >= 4 is 32.7 Å². The van der Waals surface area contributed by atoms with Crippen LogP contribution in [0.1, 0.15) is 27.8 Å². The summed E-state index contributed by atoms with van der Waals surface area (Å²) in [4.78, 5) is 0. The molecule has 0 radical (unpaired) electrons. The number of rotatable bonds is 3. The summed E-state index contributed by atoms with van der Waals surface area (Å²) in [6.07, 6.45) is 0. The van der Waals surface area contributed by atoms with Gasteiger partial charge in [-0.3, -0.25) is 0 Å². The summed E-state index contributed by atoms with van der Waals surface area (Å²) < 4.78 is 6.53.